The molecular formula is C22H20N2. The summed E-state index contributed by atoms with van der Waals surface area (Å²) in [5, 5.41) is 9.85. The van der Waals surface area contributed by atoms with E-state index >= 15 is 0 Å². The van der Waals surface area contributed by atoms with E-state index in [4.69, 9.17) is 0 Å². The van der Waals surface area contributed by atoms with Gasteiger partial charge >= 0.3 is 0 Å². The van der Waals surface area contributed by atoms with Crippen molar-refractivity contribution in [3.05, 3.63) is 96.6 Å². The largest absolute Gasteiger partial charge is 0.360 e. The molecule has 0 aromatic heterocycles. The number of para-hydroxylation sites is 1. The molecular weight excluding hydrogens is 292 g/mol. The Balaban J connectivity index is 1.90. The molecule has 1 atom stereocenters. The zero-order chi connectivity index (χ0) is 16.4. The smallest absolute Gasteiger partial charge is 0.135 e. The number of benzene rings is 3. The molecule has 0 saturated carbocycles. The average Bonchev–Trinajstić information content (AvgIpc) is 2.64. The zero-order valence-electron chi connectivity index (χ0n) is 13.5. The third kappa shape index (κ3) is 2.41. The molecule has 0 amide bonds. The van der Waals surface area contributed by atoms with Gasteiger partial charge in [-0.05, 0) is 34.5 Å². The van der Waals surface area contributed by atoms with E-state index in [0.29, 0.717) is 6.54 Å². The van der Waals surface area contributed by atoms with Crippen molar-refractivity contribution < 1.29 is 0 Å². The van der Waals surface area contributed by atoms with Crippen LogP contribution < -0.4 is 10.6 Å². The van der Waals surface area contributed by atoms with Gasteiger partial charge in [-0.25, -0.2) is 0 Å². The lowest BCUT2D eigenvalue weighted by atomic mass is 9.85. The molecule has 0 spiro atoms. The molecule has 118 valence electrons. The quantitative estimate of drug-likeness (QED) is 0.517. The van der Waals surface area contributed by atoms with Gasteiger partial charge in [-0.1, -0.05) is 66.7 Å². The van der Waals surface area contributed by atoms with Crippen LogP contribution in [-0.2, 0) is 5.66 Å². The van der Waals surface area contributed by atoms with Gasteiger partial charge in [-0.15, -0.1) is 6.58 Å². The van der Waals surface area contributed by atoms with Gasteiger partial charge in [0.05, 0.1) is 0 Å². The van der Waals surface area contributed by atoms with Crippen molar-refractivity contribution in [3.63, 3.8) is 0 Å². The van der Waals surface area contributed by atoms with Crippen LogP contribution in [0.25, 0.3) is 16.8 Å². The van der Waals surface area contributed by atoms with Crippen LogP contribution in [0.15, 0.2) is 85.5 Å². The molecule has 3 aromatic rings. The van der Waals surface area contributed by atoms with Crippen LogP contribution in [0.4, 0.5) is 5.69 Å². The van der Waals surface area contributed by atoms with Crippen LogP contribution in [0.1, 0.15) is 11.1 Å². The Morgan fingerprint density at radius 2 is 1.71 bits per heavy atom. The Labute approximate surface area is 142 Å². The highest BCUT2D eigenvalue weighted by atomic mass is 15.2. The molecule has 24 heavy (non-hydrogen) atoms. The summed E-state index contributed by atoms with van der Waals surface area (Å²) in [5.74, 6) is 0. The highest BCUT2D eigenvalue weighted by Gasteiger charge is 2.33. The van der Waals surface area contributed by atoms with Crippen molar-refractivity contribution in [1.29, 1.82) is 0 Å². The lowest BCUT2D eigenvalue weighted by molar-refractivity contribution is 0.501. The highest BCUT2D eigenvalue weighted by molar-refractivity contribution is 5.96. The molecule has 2 N–H and O–H groups in total. The summed E-state index contributed by atoms with van der Waals surface area (Å²) >= 11 is 0. The van der Waals surface area contributed by atoms with Crippen molar-refractivity contribution >= 4 is 22.5 Å². The van der Waals surface area contributed by atoms with Crippen LogP contribution in [0.5, 0.6) is 0 Å². The van der Waals surface area contributed by atoms with Gasteiger partial charge in [-0.2, -0.15) is 0 Å². The number of anilines is 1. The summed E-state index contributed by atoms with van der Waals surface area (Å²) in [4.78, 5) is 0. The molecule has 2 nitrogen and oxygen atoms in total. The summed E-state index contributed by atoms with van der Waals surface area (Å²) in [5.41, 5.74) is 3.12. The van der Waals surface area contributed by atoms with Crippen LogP contribution >= 0.6 is 0 Å². The van der Waals surface area contributed by atoms with Gasteiger partial charge in [0.1, 0.15) is 5.66 Å². The Morgan fingerprint density at radius 1 is 0.917 bits per heavy atom. The van der Waals surface area contributed by atoms with E-state index in [2.05, 4.69) is 77.9 Å². The van der Waals surface area contributed by atoms with Gasteiger partial charge in [0.25, 0.3) is 0 Å². The summed E-state index contributed by atoms with van der Waals surface area (Å²) < 4.78 is 0. The molecule has 0 radical (unpaired) electrons. The first-order chi connectivity index (χ1) is 11.8. The van der Waals surface area contributed by atoms with Gasteiger partial charge in [0, 0.05) is 17.8 Å². The van der Waals surface area contributed by atoms with E-state index in [1.165, 1.54) is 21.9 Å². The molecule has 0 aliphatic heterocycles. The van der Waals surface area contributed by atoms with Crippen molar-refractivity contribution in [1.82, 2.24) is 5.32 Å². The standard InChI is InChI=1S/C22H20N2/c1-2-16-23-22(24-19-11-4-3-5-12-19)15-14-18-9-6-8-17-10-7-13-20(22)21(17)18/h2-15,23-24H,1,16H2. The maximum absolute atomic E-state index is 3.86. The molecule has 3 aromatic carbocycles. The summed E-state index contributed by atoms with van der Waals surface area (Å²) in [6, 6.07) is 23.2. The summed E-state index contributed by atoms with van der Waals surface area (Å²) in [6.07, 6.45) is 6.30. The minimum atomic E-state index is -0.455. The van der Waals surface area contributed by atoms with Crippen molar-refractivity contribution in [2.75, 3.05) is 11.9 Å². The molecule has 0 saturated heterocycles. The SMILES string of the molecule is C=CCNC1(Nc2ccccc2)C=Cc2cccc3cccc1c23. The first-order valence-electron chi connectivity index (χ1n) is 8.23. The van der Waals surface area contributed by atoms with Crippen molar-refractivity contribution in [3.8, 4) is 0 Å². The van der Waals surface area contributed by atoms with Gasteiger partial charge < -0.3 is 5.32 Å². The van der Waals surface area contributed by atoms with E-state index in [1.807, 2.05) is 24.3 Å². The minimum Gasteiger partial charge on any atom is -0.360 e. The van der Waals surface area contributed by atoms with E-state index in [-0.39, 0.29) is 0 Å². The van der Waals surface area contributed by atoms with Gasteiger partial charge in [-0.3, -0.25) is 5.32 Å². The topological polar surface area (TPSA) is 24.1 Å². The maximum Gasteiger partial charge on any atom is 0.135 e. The second kappa shape index (κ2) is 5.99. The van der Waals surface area contributed by atoms with E-state index in [1.54, 1.807) is 0 Å². The number of nitrogens with one attached hydrogen (secondary N) is 2. The van der Waals surface area contributed by atoms with E-state index in [9.17, 15) is 0 Å². The van der Waals surface area contributed by atoms with Crippen LogP contribution in [0.2, 0.25) is 0 Å². The monoisotopic (exact) mass is 312 g/mol. The minimum absolute atomic E-state index is 0.455. The zero-order valence-corrected chi connectivity index (χ0v) is 13.5. The molecule has 1 unspecified atom stereocenters. The predicted octanol–water partition coefficient (Wildman–Crippen LogP) is 4.91. The van der Waals surface area contributed by atoms with Crippen molar-refractivity contribution in [2.45, 2.75) is 5.66 Å². The maximum atomic E-state index is 3.86. The predicted molar refractivity (Wildman–Crippen MR) is 103 cm³/mol. The molecule has 1 aliphatic carbocycles. The Hall–Kier alpha value is -2.84. The summed E-state index contributed by atoms with van der Waals surface area (Å²) in [6.45, 7) is 4.57. The first-order valence-corrected chi connectivity index (χ1v) is 8.23. The molecule has 4 rings (SSSR count). The van der Waals surface area contributed by atoms with Gasteiger partial charge in [0.2, 0.25) is 0 Å². The normalized spacial score (nSPS) is 18.5. The third-order valence-electron chi connectivity index (χ3n) is 4.52. The molecule has 0 fully saturated rings. The molecule has 0 bridgehead atoms. The lowest BCUT2D eigenvalue weighted by Crippen LogP contribution is -2.48. The van der Waals surface area contributed by atoms with Gasteiger partial charge in [0.15, 0.2) is 0 Å². The number of hydrogen-bond donors (Lipinski definition) is 2. The van der Waals surface area contributed by atoms with Crippen LogP contribution in [0, 0.1) is 0 Å². The average molecular weight is 312 g/mol. The fourth-order valence-electron chi connectivity index (χ4n) is 3.43. The molecule has 0 heterocycles. The molecule has 2 heteroatoms. The third-order valence-corrected chi connectivity index (χ3v) is 4.52. The Morgan fingerprint density at radius 3 is 2.50 bits per heavy atom. The van der Waals surface area contributed by atoms with Crippen LogP contribution in [0.3, 0.4) is 0 Å². The molecule has 1 aliphatic rings. The fraction of sp³-hybridized carbons (Fsp3) is 0.0909. The number of rotatable bonds is 5. The van der Waals surface area contributed by atoms with E-state index in [0.717, 1.165) is 5.69 Å². The fourth-order valence-corrected chi connectivity index (χ4v) is 3.43. The summed E-state index contributed by atoms with van der Waals surface area (Å²) in [7, 11) is 0. The second-order valence-corrected chi connectivity index (χ2v) is 6.05. The highest BCUT2D eigenvalue weighted by Crippen LogP contribution is 2.37. The Kier molecular flexibility index (Phi) is 3.68. The Bertz CT molecular complexity index is 906. The second-order valence-electron chi connectivity index (χ2n) is 6.05. The van der Waals surface area contributed by atoms with Crippen LogP contribution in [-0.4, -0.2) is 6.54 Å². The van der Waals surface area contributed by atoms with Crippen molar-refractivity contribution in [2.24, 2.45) is 0 Å². The van der Waals surface area contributed by atoms with E-state index < -0.39 is 5.66 Å². The lowest BCUT2D eigenvalue weighted by Gasteiger charge is -2.37. The first kappa shape index (κ1) is 14.7. The number of hydrogen-bond acceptors (Lipinski definition) is 2.